The summed E-state index contributed by atoms with van der Waals surface area (Å²) in [5.74, 6) is 0.873. The van der Waals surface area contributed by atoms with Gasteiger partial charge in [0.05, 0.1) is 5.75 Å². The molecule has 1 atom stereocenters. The van der Waals surface area contributed by atoms with E-state index < -0.39 is 6.04 Å². The van der Waals surface area contributed by atoms with Gasteiger partial charge in [0, 0.05) is 28.4 Å². The largest absolute Gasteiger partial charge is 0.352 e. The van der Waals surface area contributed by atoms with E-state index in [1.807, 2.05) is 43.3 Å². The van der Waals surface area contributed by atoms with E-state index in [9.17, 15) is 9.59 Å². The van der Waals surface area contributed by atoms with E-state index in [1.165, 1.54) is 11.8 Å². The second kappa shape index (κ2) is 11.8. The number of benzene rings is 2. The van der Waals surface area contributed by atoms with Crippen molar-refractivity contribution in [2.24, 2.45) is 0 Å². The molecule has 1 saturated carbocycles. The van der Waals surface area contributed by atoms with Crippen molar-refractivity contribution in [3.63, 3.8) is 0 Å². The molecule has 4 nitrogen and oxygen atoms in total. The second-order valence-electron chi connectivity index (χ2n) is 7.93. The minimum atomic E-state index is -0.542. The molecule has 0 radical (unpaired) electrons. The third kappa shape index (κ3) is 7.44. The first kappa shape index (κ1) is 24.0. The molecule has 0 saturated heterocycles. The van der Waals surface area contributed by atoms with E-state index in [2.05, 4.69) is 5.32 Å². The molecule has 3 rings (SSSR count). The predicted molar refractivity (Wildman–Crippen MR) is 129 cm³/mol. The quantitative estimate of drug-likeness (QED) is 0.502. The number of amides is 2. The van der Waals surface area contributed by atoms with Crippen LogP contribution in [0.5, 0.6) is 0 Å². The van der Waals surface area contributed by atoms with Gasteiger partial charge in [0.1, 0.15) is 6.04 Å². The Labute approximate surface area is 198 Å². The first-order chi connectivity index (χ1) is 14.9. The molecule has 1 fully saturated rings. The number of halogens is 2. The number of thioether (sulfide) groups is 1. The lowest BCUT2D eigenvalue weighted by molar-refractivity contribution is -0.138. The predicted octanol–water partition coefficient (Wildman–Crippen LogP) is 5.70. The zero-order valence-electron chi connectivity index (χ0n) is 17.7. The van der Waals surface area contributed by atoms with Crippen LogP contribution in [0.4, 0.5) is 0 Å². The van der Waals surface area contributed by atoms with Gasteiger partial charge < -0.3 is 10.2 Å². The molecule has 0 spiro atoms. The minimum absolute atomic E-state index is 0.0528. The fourth-order valence-electron chi connectivity index (χ4n) is 3.68. The monoisotopic (exact) mass is 478 g/mol. The fraction of sp³-hybridized carbons (Fsp3) is 0.417. The van der Waals surface area contributed by atoms with Crippen LogP contribution < -0.4 is 5.32 Å². The van der Waals surface area contributed by atoms with Crippen LogP contribution in [-0.4, -0.2) is 34.6 Å². The maximum atomic E-state index is 13.1. The van der Waals surface area contributed by atoms with Crippen molar-refractivity contribution < 1.29 is 9.59 Å². The number of carbonyl (C=O) groups is 2. The number of rotatable bonds is 9. The summed E-state index contributed by atoms with van der Waals surface area (Å²) in [4.78, 5) is 27.7. The van der Waals surface area contributed by atoms with Crippen LogP contribution in [0.25, 0.3) is 0 Å². The van der Waals surface area contributed by atoms with Gasteiger partial charge in [-0.3, -0.25) is 9.59 Å². The maximum absolute atomic E-state index is 13.1. The molecule has 0 aliphatic heterocycles. The number of nitrogens with one attached hydrogen (secondary N) is 1. The lowest BCUT2D eigenvalue weighted by atomic mass is 10.1. The summed E-state index contributed by atoms with van der Waals surface area (Å²) >= 11 is 13.5. The second-order valence-corrected chi connectivity index (χ2v) is 9.79. The Balaban J connectivity index is 1.64. The van der Waals surface area contributed by atoms with Gasteiger partial charge in [-0.2, -0.15) is 0 Å². The van der Waals surface area contributed by atoms with Gasteiger partial charge in [-0.05, 0) is 55.2 Å². The summed E-state index contributed by atoms with van der Waals surface area (Å²) < 4.78 is 0. The lowest BCUT2D eigenvalue weighted by Gasteiger charge is -2.29. The number of hydrogen-bond acceptors (Lipinski definition) is 3. The van der Waals surface area contributed by atoms with Crippen molar-refractivity contribution in [3.05, 3.63) is 69.7 Å². The van der Waals surface area contributed by atoms with Gasteiger partial charge in [-0.25, -0.2) is 0 Å². The highest BCUT2D eigenvalue weighted by atomic mass is 35.5. The van der Waals surface area contributed by atoms with Crippen molar-refractivity contribution in [3.8, 4) is 0 Å². The molecule has 1 aliphatic carbocycles. The van der Waals surface area contributed by atoms with Crippen LogP contribution in [0.15, 0.2) is 48.5 Å². The van der Waals surface area contributed by atoms with E-state index in [0.717, 1.165) is 36.8 Å². The Hall–Kier alpha value is -1.69. The molecule has 0 aromatic heterocycles. The zero-order valence-corrected chi connectivity index (χ0v) is 20.0. The lowest BCUT2D eigenvalue weighted by Crippen LogP contribution is -2.50. The third-order valence-electron chi connectivity index (χ3n) is 5.54. The first-order valence-corrected chi connectivity index (χ1v) is 12.5. The fourth-order valence-corrected chi connectivity index (χ4v) is 4.80. The van der Waals surface area contributed by atoms with Gasteiger partial charge >= 0.3 is 0 Å². The smallest absolute Gasteiger partial charge is 0.242 e. The van der Waals surface area contributed by atoms with Crippen LogP contribution in [0.1, 0.15) is 43.7 Å². The molecule has 2 aromatic rings. The standard InChI is InChI=1S/C24H28Cl2N2O2S/c1-17(24(30)27-22-4-2-3-5-22)28(14-18-6-10-20(25)11-7-18)23(29)16-31-15-19-8-12-21(26)13-9-19/h6-13,17,22H,2-5,14-16H2,1H3,(H,27,30)/t17-/m1/s1. The van der Waals surface area contributed by atoms with Crippen molar-refractivity contribution >= 4 is 46.8 Å². The van der Waals surface area contributed by atoms with Crippen LogP contribution in [0.2, 0.25) is 10.0 Å². The summed E-state index contributed by atoms with van der Waals surface area (Å²) in [5.41, 5.74) is 2.06. The number of nitrogens with zero attached hydrogens (tertiary/aromatic N) is 1. The van der Waals surface area contributed by atoms with Crippen molar-refractivity contribution in [1.29, 1.82) is 0 Å². The van der Waals surface area contributed by atoms with Crippen molar-refractivity contribution in [1.82, 2.24) is 10.2 Å². The molecule has 31 heavy (non-hydrogen) atoms. The molecule has 1 N–H and O–H groups in total. The topological polar surface area (TPSA) is 49.4 Å². The van der Waals surface area contributed by atoms with Crippen molar-refractivity contribution in [2.45, 2.75) is 57.0 Å². The molecule has 0 unspecified atom stereocenters. The Morgan fingerprint density at radius 2 is 1.55 bits per heavy atom. The molecule has 2 amide bonds. The van der Waals surface area contributed by atoms with Crippen LogP contribution in [-0.2, 0) is 21.9 Å². The molecule has 7 heteroatoms. The maximum Gasteiger partial charge on any atom is 0.242 e. The zero-order chi connectivity index (χ0) is 22.2. The number of carbonyl (C=O) groups excluding carboxylic acids is 2. The van der Waals surface area contributed by atoms with Crippen LogP contribution >= 0.6 is 35.0 Å². The summed E-state index contributed by atoms with van der Waals surface area (Å²) in [6, 6.07) is 14.7. The van der Waals surface area contributed by atoms with Crippen LogP contribution in [0.3, 0.4) is 0 Å². The van der Waals surface area contributed by atoms with Crippen molar-refractivity contribution in [2.75, 3.05) is 5.75 Å². The van der Waals surface area contributed by atoms with Gasteiger partial charge in [0.25, 0.3) is 0 Å². The third-order valence-corrected chi connectivity index (χ3v) is 7.04. The van der Waals surface area contributed by atoms with Crippen LogP contribution in [0, 0.1) is 0 Å². The van der Waals surface area contributed by atoms with E-state index >= 15 is 0 Å². The first-order valence-electron chi connectivity index (χ1n) is 10.6. The molecule has 0 bridgehead atoms. The average Bonchev–Trinajstić information content (AvgIpc) is 3.27. The van der Waals surface area contributed by atoms with E-state index in [1.54, 1.807) is 17.0 Å². The van der Waals surface area contributed by atoms with E-state index in [0.29, 0.717) is 28.1 Å². The Morgan fingerprint density at radius 1 is 1.00 bits per heavy atom. The normalized spacial score (nSPS) is 14.9. The SMILES string of the molecule is C[C@H](C(=O)NC1CCCC1)N(Cc1ccc(Cl)cc1)C(=O)CSCc1ccc(Cl)cc1. The van der Waals surface area contributed by atoms with Gasteiger partial charge in [-0.15, -0.1) is 11.8 Å². The van der Waals surface area contributed by atoms with E-state index in [-0.39, 0.29) is 17.9 Å². The molecule has 2 aromatic carbocycles. The van der Waals surface area contributed by atoms with Gasteiger partial charge in [-0.1, -0.05) is 60.3 Å². The Kier molecular flexibility index (Phi) is 9.12. The Bertz CT molecular complexity index is 868. The summed E-state index contributed by atoms with van der Waals surface area (Å²) in [5, 5.41) is 4.46. The van der Waals surface area contributed by atoms with E-state index in [4.69, 9.17) is 23.2 Å². The molecular formula is C24H28Cl2N2O2S. The highest BCUT2D eigenvalue weighted by molar-refractivity contribution is 7.99. The average molecular weight is 479 g/mol. The molecule has 166 valence electrons. The minimum Gasteiger partial charge on any atom is -0.352 e. The molecule has 0 heterocycles. The molecular weight excluding hydrogens is 451 g/mol. The summed E-state index contributed by atoms with van der Waals surface area (Å²) in [6.45, 7) is 2.18. The molecule has 1 aliphatic rings. The highest BCUT2D eigenvalue weighted by Gasteiger charge is 2.28. The number of hydrogen-bond donors (Lipinski definition) is 1. The van der Waals surface area contributed by atoms with Gasteiger partial charge in [0.15, 0.2) is 0 Å². The van der Waals surface area contributed by atoms with Gasteiger partial charge in [0.2, 0.25) is 11.8 Å². The summed E-state index contributed by atoms with van der Waals surface area (Å²) in [6.07, 6.45) is 4.32. The highest BCUT2D eigenvalue weighted by Crippen LogP contribution is 2.20. The Morgan fingerprint density at radius 3 is 2.13 bits per heavy atom. The summed E-state index contributed by atoms with van der Waals surface area (Å²) in [7, 11) is 0.